The predicted octanol–water partition coefficient (Wildman–Crippen LogP) is 1.57. The number of hydrogen-bond donors (Lipinski definition) is 0. The molecular weight excluding hydrogens is 150 g/mol. The second-order valence-corrected chi connectivity index (χ2v) is 2.03. The van der Waals surface area contributed by atoms with E-state index < -0.39 is 6.55 Å². The van der Waals surface area contributed by atoms with Crippen LogP contribution in [0.2, 0.25) is 0 Å². The maximum absolute atomic E-state index is 11.9. The average molecular weight is 156 g/mol. The first-order chi connectivity index (χ1) is 5.15. The zero-order valence-corrected chi connectivity index (χ0v) is 5.88. The molecule has 0 aromatic carbocycles. The summed E-state index contributed by atoms with van der Waals surface area (Å²) < 4.78 is 24.4. The largest absolute Gasteiger partial charge is 0.333 e. The number of nitrogens with zero attached hydrogens (tertiary/aromatic N) is 2. The summed E-state index contributed by atoms with van der Waals surface area (Å²) in [6.07, 6.45) is 6.17. The monoisotopic (exact) mass is 156 g/mol. The maximum Gasteiger partial charge on any atom is 0.333 e. The van der Waals surface area contributed by atoms with Crippen molar-refractivity contribution in [2.75, 3.05) is 0 Å². The lowest BCUT2D eigenvalue weighted by Gasteiger charge is -1.94. The summed E-state index contributed by atoms with van der Waals surface area (Å²) in [7, 11) is 0. The van der Waals surface area contributed by atoms with Crippen LogP contribution in [0.25, 0.3) is 0 Å². The molecule has 0 bridgehead atoms. The molecule has 1 aromatic heterocycles. The second-order valence-electron chi connectivity index (χ2n) is 2.03. The Bertz CT molecular complexity index is 296. The van der Waals surface area contributed by atoms with E-state index >= 15 is 0 Å². The van der Waals surface area contributed by atoms with Crippen LogP contribution in [0.15, 0.2) is 6.20 Å². The molecule has 58 valence electrons. The van der Waals surface area contributed by atoms with Gasteiger partial charge >= 0.3 is 6.55 Å². The van der Waals surface area contributed by atoms with Gasteiger partial charge in [0.15, 0.2) is 0 Å². The number of halogens is 2. The molecule has 1 heterocycles. The van der Waals surface area contributed by atoms with Gasteiger partial charge in [-0.3, -0.25) is 0 Å². The molecule has 0 amide bonds. The fraction of sp³-hybridized carbons (Fsp3) is 0.286. The highest BCUT2D eigenvalue weighted by molar-refractivity contribution is 5.33. The van der Waals surface area contributed by atoms with Crippen molar-refractivity contribution in [1.29, 1.82) is 0 Å². The molecule has 0 N–H and O–H groups in total. The zero-order chi connectivity index (χ0) is 8.43. The van der Waals surface area contributed by atoms with Gasteiger partial charge in [-0.15, -0.1) is 6.42 Å². The van der Waals surface area contributed by atoms with E-state index in [4.69, 9.17) is 6.42 Å². The van der Waals surface area contributed by atoms with Crippen LogP contribution in [0.4, 0.5) is 8.78 Å². The summed E-state index contributed by atoms with van der Waals surface area (Å²) in [4.78, 5) is 0. The third-order valence-electron chi connectivity index (χ3n) is 1.27. The van der Waals surface area contributed by atoms with Crippen molar-refractivity contribution in [3.8, 4) is 12.3 Å². The van der Waals surface area contributed by atoms with Gasteiger partial charge in [0.2, 0.25) is 0 Å². The van der Waals surface area contributed by atoms with E-state index in [2.05, 4.69) is 11.0 Å². The molecular formula is C7H6F2N2. The molecule has 0 aliphatic heterocycles. The highest BCUT2D eigenvalue weighted by atomic mass is 19.3. The third-order valence-corrected chi connectivity index (χ3v) is 1.27. The van der Waals surface area contributed by atoms with Crippen LogP contribution < -0.4 is 0 Å². The van der Waals surface area contributed by atoms with Crippen molar-refractivity contribution >= 4 is 0 Å². The molecule has 1 rings (SSSR count). The summed E-state index contributed by atoms with van der Waals surface area (Å²) in [5.74, 6) is 2.25. The normalized spacial score (nSPS) is 10.1. The Morgan fingerprint density at radius 3 is 2.64 bits per heavy atom. The van der Waals surface area contributed by atoms with E-state index in [1.807, 2.05) is 0 Å². The molecule has 0 radical (unpaired) electrons. The highest BCUT2D eigenvalue weighted by Gasteiger charge is 2.08. The third kappa shape index (κ3) is 1.37. The summed E-state index contributed by atoms with van der Waals surface area (Å²) in [6, 6.07) is 0. The minimum Gasteiger partial charge on any atom is -0.210 e. The van der Waals surface area contributed by atoms with Crippen LogP contribution in [0.1, 0.15) is 17.8 Å². The topological polar surface area (TPSA) is 17.8 Å². The molecule has 1 aromatic rings. The summed E-state index contributed by atoms with van der Waals surface area (Å²) >= 11 is 0. The van der Waals surface area contributed by atoms with Crippen molar-refractivity contribution in [3.63, 3.8) is 0 Å². The lowest BCUT2D eigenvalue weighted by atomic mass is 10.3. The van der Waals surface area contributed by atoms with E-state index in [1.165, 1.54) is 0 Å². The van der Waals surface area contributed by atoms with Gasteiger partial charge in [-0.1, -0.05) is 5.92 Å². The van der Waals surface area contributed by atoms with Gasteiger partial charge in [-0.05, 0) is 6.92 Å². The lowest BCUT2D eigenvalue weighted by molar-refractivity contribution is 0.0563. The minimum atomic E-state index is -2.62. The Morgan fingerprint density at radius 1 is 1.73 bits per heavy atom. The summed E-state index contributed by atoms with van der Waals surface area (Å²) in [5, 5.41) is 3.51. The lowest BCUT2D eigenvalue weighted by Crippen LogP contribution is -1.97. The molecule has 0 aliphatic carbocycles. The Kier molecular flexibility index (Phi) is 1.90. The fourth-order valence-corrected chi connectivity index (χ4v) is 0.723. The number of hydrogen-bond acceptors (Lipinski definition) is 1. The number of rotatable bonds is 1. The number of alkyl halides is 2. The standard InChI is InChI=1S/C7H6F2N2/c1-3-6-4-11(7(8)9)10-5(6)2/h1,4,7H,2H3. The minimum absolute atomic E-state index is 0.408. The van der Waals surface area contributed by atoms with Gasteiger partial charge in [0, 0.05) is 6.20 Å². The van der Waals surface area contributed by atoms with Crippen molar-refractivity contribution in [2.24, 2.45) is 0 Å². The van der Waals surface area contributed by atoms with E-state index in [-0.39, 0.29) is 0 Å². The van der Waals surface area contributed by atoms with Crippen LogP contribution in [0, 0.1) is 19.3 Å². The molecule has 0 atom stereocenters. The van der Waals surface area contributed by atoms with Gasteiger partial charge in [0.1, 0.15) is 0 Å². The first kappa shape index (κ1) is 7.73. The van der Waals surface area contributed by atoms with Crippen LogP contribution >= 0.6 is 0 Å². The van der Waals surface area contributed by atoms with Crippen LogP contribution in [0.3, 0.4) is 0 Å². The smallest absolute Gasteiger partial charge is 0.210 e. The van der Waals surface area contributed by atoms with Gasteiger partial charge in [-0.25, -0.2) is 4.68 Å². The van der Waals surface area contributed by atoms with Crippen molar-refractivity contribution in [3.05, 3.63) is 17.5 Å². The highest BCUT2D eigenvalue weighted by Crippen LogP contribution is 2.11. The molecule has 11 heavy (non-hydrogen) atoms. The van der Waals surface area contributed by atoms with Crippen molar-refractivity contribution in [2.45, 2.75) is 13.5 Å². The Hall–Kier alpha value is -1.37. The van der Waals surface area contributed by atoms with Crippen LogP contribution in [0.5, 0.6) is 0 Å². The SMILES string of the molecule is C#Cc1cn(C(F)F)nc1C. The molecule has 0 saturated carbocycles. The quantitative estimate of drug-likeness (QED) is 0.564. The Labute approximate surface area is 62.8 Å². The molecule has 2 nitrogen and oxygen atoms in total. The Balaban J connectivity index is 3.07. The molecule has 4 heteroatoms. The fourth-order valence-electron chi connectivity index (χ4n) is 0.723. The molecule has 0 aliphatic rings. The van der Waals surface area contributed by atoms with Crippen molar-refractivity contribution in [1.82, 2.24) is 9.78 Å². The van der Waals surface area contributed by atoms with E-state index in [9.17, 15) is 8.78 Å². The number of aryl methyl sites for hydroxylation is 1. The number of terminal acetylenes is 1. The van der Waals surface area contributed by atoms with Gasteiger partial charge in [0.05, 0.1) is 11.3 Å². The van der Waals surface area contributed by atoms with E-state index in [0.29, 0.717) is 15.9 Å². The predicted molar refractivity (Wildman–Crippen MR) is 36.2 cm³/mol. The summed E-state index contributed by atoms with van der Waals surface area (Å²) in [5.41, 5.74) is 0.859. The zero-order valence-electron chi connectivity index (χ0n) is 5.88. The second kappa shape index (κ2) is 2.70. The van der Waals surface area contributed by atoms with Gasteiger partial charge < -0.3 is 0 Å². The summed E-state index contributed by atoms with van der Waals surface area (Å²) in [6.45, 7) is -1.02. The Morgan fingerprint density at radius 2 is 2.36 bits per heavy atom. The van der Waals surface area contributed by atoms with E-state index in [1.54, 1.807) is 6.92 Å². The van der Waals surface area contributed by atoms with Gasteiger partial charge in [-0.2, -0.15) is 13.9 Å². The molecule has 0 fully saturated rings. The molecule has 0 spiro atoms. The average Bonchev–Trinajstić information content (AvgIpc) is 2.31. The molecule has 0 saturated heterocycles. The van der Waals surface area contributed by atoms with Crippen LogP contribution in [-0.4, -0.2) is 9.78 Å². The van der Waals surface area contributed by atoms with Crippen LogP contribution in [-0.2, 0) is 0 Å². The first-order valence-corrected chi connectivity index (χ1v) is 2.95. The van der Waals surface area contributed by atoms with E-state index in [0.717, 1.165) is 6.20 Å². The molecule has 0 unspecified atom stereocenters. The maximum atomic E-state index is 11.9. The van der Waals surface area contributed by atoms with Crippen molar-refractivity contribution < 1.29 is 8.78 Å². The van der Waals surface area contributed by atoms with Gasteiger partial charge in [0.25, 0.3) is 0 Å². The first-order valence-electron chi connectivity index (χ1n) is 2.95. The number of aromatic nitrogens is 2.